The molecule has 1 fully saturated rings. The molecule has 4 heteroatoms. The van der Waals surface area contributed by atoms with Gasteiger partial charge in [0, 0.05) is 17.0 Å². The van der Waals surface area contributed by atoms with Gasteiger partial charge in [0.2, 0.25) is 0 Å². The maximum Gasteiger partial charge on any atom is 0.117 e. The Hall–Kier alpha value is -1.10. The van der Waals surface area contributed by atoms with Gasteiger partial charge in [0.05, 0.1) is 18.8 Å². The van der Waals surface area contributed by atoms with Crippen LogP contribution >= 0.6 is 11.3 Å². The molecule has 0 spiro atoms. The van der Waals surface area contributed by atoms with Gasteiger partial charge in [0.1, 0.15) is 5.76 Å². The van der Waals surface area contributed by atoms with E-state index in [0.717, 1.165) is 18.7 Å². The Balaban J connectivity index is 1.85. The van der Waals surface area contributed by atoms with E-state index in [-0.39, 0.29) is 6.04 Å². The summed E-state index contributed by atoms with van der Waals surface area (Å²) in [7, 11) is 0. The van der Waals surface area contributed by atoms with Crippen LogP contribution in [0.1, 0.15) is 42.9 Å². The lowest BCUT2D eigenvalue weighted by Crippen LogP contribution is -2.41. The van der Waals surface area contributed by atoms with Crippen molar-refractivity contribution in [1.82, 2.24) is 4.90 Å². The molecule has 2 N–H and O–H groups in total. The maximum absolute atomic E-state index is 6.44. The molecule has 1 aliphatic rings. The number of hydrogen-bond donors (Lipinski definition) is 1. The fourth-order valence-corrected chi connectivity index (χ4v) is 3.67. The highest BCUT2D eigenvalue weighted by Gasteiger charge is 2.37. The topological polar surface area (TPSA) is 42.4 Å². The Morgan fingerprint density at radius 2 is 2.25 bits per heavy atom. The van der Waals surface area contributed by atoms with Crippen LogP contribution in [0.3, 0.4) is 0 Å². The van der Waals surface area contributed by atoms with Gasteiger partial charge >= 0.3 is 0 Å². The Morgan fingerprint density at radius 3 is 2.80 bits per heavy atom. The summed E-state index contributed by atoms with van der Waals surface area (Å²) in [5, 5.41) is 2.14. The standard InChI is InChI=1S/C16H22N2OS/c1-2-14(17)16(15-6-4-10-20-15)18(12-7-8-12)11-13-5-3-9-19-13/h3-6,9-10,12,14,16H,2,7-8,11,17H2,1H3. The highest BCUT2D eigenvalue weighted by Crippen LogP contribution is 2.39. The summed E-state index contributed by atoms with van der Waals surface area (Å²) < 4.78 is 5.54. The molecule has 2 atom stereocenters. The monoisotopic (exact) mass is 290 g/mol. The summed E-state index contributed by atoms with van der Waals surface area (Å²) in [6.07, 6.45) is 5.29. The minimum atomic E-state index is 0.171. The summed E-state index contributed by atoms with van der Waals surface area (Å²) in [6, 6.07) is 9.47. The normalized spacial score (nSPS) is 18.4. The highest BCUT2D eigenvalue weighted by atomic mass is 32.1. The SMILES string of the molecule is CCC(N)C(c1cccs1)N(Cc1ccco1)C1CC1. The maximum atomic E-state index is 6.44. The van der Waals surface area contributed by atoms with Crippen LogP contribution in [0.15, 0.2) is 40.3 Å². The van der Waals surface area contributed by atoms with Crippen molar-refractivity contribution in [2.45, 2.75) is 50.9 Å². The lowest BCUT2D eigenvalue weighted by atomic mass is 10.0. The predicted molar refractivity (Wildman–Crippen MR) is 82.6 cm³/mol. The Bertz CT molecular complexity index is 505. The van der Waals surface area contributed by atoms with Crippen molar-refractivity contribution in [3.63, 3.8) is 0 Å². The second kappa shape index (κ2) is 6.12. The van der Waals surface area contributed by atoms with Gasteiger partial charge in [-0.05, 0) is 42.8 Å². The molecule has 20 heavy (non-hydrogen) atoms. The Kier molecular flexibility index (Phi) is 4.24. The number of rotatable bonds is 7. The van der Waals surface area contributed by atoms with Gasteiger partial charge in [-0.1, -0.05) is 13.0 Å². The van der Waals surface area contributed by atoms with E-state index in [4.69, 9.17) is 10.2 Å². The minimum Gasteiger partial charge on any atom is -0.468 e. The first-order valence-electron chi connectivity index (χ1n) is 7.36. The zero-order chi connectivity index (χ0) is 13.9. The molecule has 2 heterocycles. The van der Waals surface area contributed by atoms with Crippen molar-refractivity contribution in [3.8, 4) is 0 Å². The fraction of sp³-hybridized carbons (Fsp3) is 0.500. The van der Waals surface area contributed by atoms with Crippen LogP contribution in [0, 0.1) is 0 Å². The van der Waals surface area contributed by atoms with E-state index in [1.807, 2.05) is 17.4 Å². The molecule has 0 aromatic carbocycles. The zero-order valence-electron chi connectivity index (χ0n) is 11.9. The van der Waals surface area contributed by atoms with Crippen LogP contribution in [0.25, 0.3) is 0 Å². The third-order valence-corrected chi connectivity index (χ3v) is 4.95. The van der Waals surface area contributed by atoms with Crippen LogP contribution in [0.4, 0.5) is 0 Å². The Morgan fingerprint density at radius 1 is 1.40 bits per heavy atom. The van der Waals surface area contributed by atoms with Gasteiger partial charge in [-0.15, -0.1) is 11.3 Å². The number of nitrogens with two attached hydrogens (primary N) is 1. The minimum absolute atomic E-state index is 0.171. The third kappa shape index (κ3) is 2.97. The molecule has 1 aliphatic carbocycles. The second-order valence-corrected chi connectivity index (χ2v) is 6.49. The first-order chi connectivity index (χ1) is 9.79. The summed E-state index contributed by atoms with van der Waals surface area (Å²) in [5.74, 6) is 1.03. The lowest BCUT2D eigenvalue weighted by Gasteiger charge is -2.34. The molecule has 0 aliphatic heterocycles. The average Bonchev–Trinajstić information content (AvgIpc) is 2.94. The van der Waals surface area contributed by atoms with Crippen molar-refractivity contribution in [1.29, 1.82) is 0 Å². The average molecular weight is 290 g/mol. The molecule has 2 aromatic rings. The van der Waals surface area contributed by atoms with Crippen LogP contribution in [-0.2, 0) is 6.54 Å². The van der Waals surface area contributed by atoms with Crippen LogP contribution < -0.4 is 5.73 Å². The van der Waals surface area contributed by atoms with Gasteiger partial charge in [0.15, 0.2) is 0 Å². The van der Waals surface area contributed by atoms with E-state index < -0.39 is 0 Å². The first-order valence-corrected chi connectivity index (χ1v) is 8.24. The van der Waals surface area contributed by atoms with Crippen molar-refractivity contribution in [3.05, 3.63) is 46.5 Å². The second-order valence-electron chi connectivity index (χ2n) is 5.52. The number of thiophene rings is 1. The summed E-state index contributed by atoms with van der Waals surface area (Å²) in [6.45, 7) is 3.02. The Labute approximate surface area is 124 Å². The lowest BCUT2D eigenvalue weighted by molar-refractivity contribution is 0.142. The van der Waals surface area contributed by atoms with E-state index in [1.165, 1.54) is 17.7 Å². The number of hydrogen-bond acceptors (Lipinski definition) is 4. The molecule has 108 valence electrons. The summed E-state index contributed by atoms with van der Waals surface area (Å²) >= 11 is 1.81. The molecule has 0 radical (unpaired) electrons. The molecular weight excluding hydrogens is 268 g/mol. The van der Waals surface area contributed by atoms with E-state index in [9.17, 15) is 0 Å². The molecule has 2 unspecified atom stereocenters. The fourth-order valence-electron chi connectivity index (χ4n) is 2.75. The van der Waals surface area contributed by atoms with E-state index >= 15 is 0 Å². The van der Waals surface area contributed by atoms with Gasteiger partial charge in [-0.2, -0.15) is 0 Å². The molecule has 1 saturated carbocycles. The van der Waals surface area contributed by atoms with Crippen molar-refractivity contribution >= 4 is 11.3 Å². The van der Waals surface area contributed by atoms with E-state index in [1.54, 1.807) is 6.26 Å². The summed E-state index contributed by atoms with van der Waals surface area (Å²) in [4.78, 5) is 3.91. The molecule has 2 aromatic heterocycles. The van der Waals surface area contributed by atoms with Gasteiger partial charge in [-0.25, -0.2) is 0 Å². The van der Waals surface area contributed by atoms with Crippen molar-refractivity contribution < 1.29 is 4.42 Å². The predicted octanol–water partition coefficient (Wildman–Crippen LogP) is 3.78. The molecule has 0 saturated heterocycles. The van der Waals surface area contributed by atoms with Gasteiger partial charge in [0.25, 0.3) is 0 Å². The van der Waals surface area contributed by atoms with Gasteiger partial charge < -0.3 is 10.2 Å². The molecule has 0 amide bonds. The summed E-state index contributed by atoms with van der Waals surface area (Å²) in [5.41, 5.74) is 6.44. The van der Waals surface area contributed by atoms with Crippen LogP contribution in [0.5, 0.6) is 0 Å². The first kappa shape index (κ1) is 13.9. The highest BCUT2D eigenvalue weighted by molar-refractivity contribution is 7.10. The van der Waals surface area contributed by atoms with Crippen LogP contribution in [-0.4, -0.2) is 17.0 Å². The van der Waals surface area contributed by atoms with Crippen molar-refractivity contribution in [2.75, 3.05) is 0 Å². The smallest absolute Gasteiger partial charge is 0.117 e. The largest absolute Gasteiger partial charge is 0.468 e. The molecular formula is C16H22N2OS. The molecule has 0 bridgehead atoms. The molecule has 3 rings (SSSR count). The van der Waals surface area contributed by atoms with E-state index in [0.29, 0.717) is 12.1 Å². The van der Waals surface area contributed by atoms with Crippen molar-refractivity contribution in [2.24, 2.45) is 5.73 Å². The van der Waals surface area contributed by atoms with Gasteiger partial charge in [-0.3, -0.25) is 4.90 Å². The van der Waals surface area contributed by atoms with E-state index in [2.05, 4.69) is 35.4 Å². The zero-order valence-corrected chi connectivity index (χ0v) is 12.7. The number of nitrogens with zero attached hydrogens (tertiary/aromatic N) is 1. The third-order valence-electron chi connectivity index (χ3n) is 4.00. The quantitative estimate of drug-likeness (QED) is 0.843. The molecule has 3 nitrogen and oxygen atoms in total. The van der Waals surface area contributed by atoms with Crippen LogP contribution in [0.2, 0.25) is 0 Å². The number of furan rings is 1.